The largest absolute Gasteiger partial charge is 0.439 e. The Morgan fingerprint density at radius 3 is 2.57 bits per heavy atom. The summed E-state index contributed by atoms with van der Waals surface area (Å²) in [6, 6.07) is 8.24. The van der Waals surface area contributed by atoms with Gasteiger partial charge in [-0.1, -0.05) is 18.2 Å². The fraction of sp³-hybridized carbons (Fsp3) is 0.214. The molecule has 0 aliphatic carbocycles. The van der Waals surface area contributed by atoms with E-state index >= 15 is 0 Å². The Hall–Kier alpha value is -2.28. The van der Waals surface area contributed by atoms with Crippen LogP contribution in [-0.2, 0) is 12.6 Å². The number of alkyl halides is 3. The van der Waals surface area contributed by atoms with Crippen LogP contribution in [0.3, 0.4) is 0 Å². The van der Waals surface area contributed by atoms with Crippen LogP contribution in [0, 0.1) is 0 Å². The molecule has 0 amide bonds. The molecule has 0 unspecified atom stereocenters. The molecule has 7 heteroatoms. The van der Waals surface area contributed by atoms with Crippen LogP contribution in [0.4, 0.5) is 19.0 Å². The second-order valence-electron chi connectivity index (χ2n) is 4.30. The maximum absolute atomic E-state index is 12.7. The first-order chi connectivity index (χ1) is 9.90. The lowest BCUT2D eigenvalue weighted by atomic mass is 10.1. The van der Waals surface area contributed by atoms with Crippen molar-refractivity contribution in [2.75, 3.05) is 12.3 Å². The summed E-state index contributed by atoms with van der Waals surface area (Å²) in [5.74, 6) is -0.190. The maximum atomic E-state index is 12.7. The lowest BCUT2D eigenvalue weighted by molar-refractivity contribution is -0.137. The van der Waals surface area contributed by atoms with E-state index in [-0.39, 0.29) is 18.3 Å². The molecule has 4 nitrogen and oxygen atoms in total. The molecule has 0 aliphatic rings. The van der Waals surface area contributed by atoms with Crippen LogP contribution in [0.5, 0.6) is 11.6 Å². The minimum Gasteiger partial charge on any atom is -0.439 e. The van der Waals surface area contributed by atoms with Crippen molar-refractivity contribution in [3.05, 3.63) is 47.5 Å². The molecular weight excluding hydrogens is 285 g/mol. The second-order valence-corrected chi connectivity index (χ2v) is 4.30. The quantitative estimate of drug-likeness (QED) is 0.910. The Kier molecular flexibility index (Phi) is 4.32. The first kappa shape index (κ1) is 15.1. The van der Waals surface area contributed by atoms with E-state index in [0.717, 1.165) is 12.1 Å². The number of nitrogen functional groups attached to an aromatic ring is 1. The van der Waals surface area contributed by atoms with Gasteiger partial charge in [-0.25, -0.2) is 0 Å². The van der Waals surface area contributed by atoms with Gasteiger partial charge in [-0.05, 0) is 24.1 Å². The summed E-state index contributed by atoms with van der Waals surface area (Å²) in [5.41, 5.74) is 5.11. The molecular formula is C14H13F3N2O2. The first-order valence-corrected chi connectivity index (χ1v) is 6.11. The van der Waals surface area contributed by atoms with Crippen molar-refractivity contribution in [1.82, 2.24) is 4.98 Å². The molecule has 1 heterocycles. The van der Waals surface area contributed by atoms with Crippen LogP contribution < -0.4 is 10.5 Å². The molecule has 1 aromatic heterocycles. The first-order valence-electron chi connectivity index (χ1n) is 6.11. The topological polar surface area (TPSA) is 68.4 Å². The number of para-hydroxylation sites is 1. The highest BCUT2D eigenvalue weighted by Gasteiger charge is 2.31. The molecule has 1 aromatic carbocycles. The van der Waals surface area contributed by atoms with E-state index in [1.54, 1.807) is 24.3 Å². The summed E-state index contributed by atoms with van der Waals surface area (Å²) < 4.78 is 43.5. The highest BCUT2D eigenvalue weighted by molar-refractivity contribution is 5.42. The molecule has 0 radical (unpaired) electrons. The van der Waals surface area contributed by atoms with Gasteiger partial charge in [0.15, 0.2) is 0 Å². The predicted molar refractivity (Wildman–Crippen MR) is 71.0 cm³/mol. The van der Waals surface area contributed by atoms with Gasteiger partial charge in [0.2, 0.25) is 5.88 Å². The lowest BCUT2D eigenvalue weighted by Crippen LogP contribution is -2.07. The third kappa shape index (κ3) is 3.85. The molecule has 0 fully saturated rings. The average Bonchev–Trinajstić information content (AvgIpc) is 2.40. The van der Waals surface area contributed by atoms with Gasteiger partial charge in [0.05, 0.1) is 5.56 Å². The molecule has 2 aromatic rings. The van der Waals surface area contributed by atoms with Crippen molar-refractivity contribution >= 4 is 5.82 Å². The minimum atomic E-state index is -4.53. The van der Waals surface area contributed by atoms with Gasteiger partial charge in [0, 0.05) is 12.7 Å². The summed E-state index contributed by atoms with van der Waals surface area (Å²) >= 11 is 0. The number of benzene rings is 1. The number of pyridine rings is 1. The number of nitrogens with two attached hydrogens (primary N) is 1. The SMILES string of the molecule is Nc1cc(C(F)(F)F)cc(Oc2ccccc2CCO)n1. The number of aliphatic hydroxyl groups excluding tert-OH is 1. The van der Waals surface area contributed by atoms with Gasteiger partial charge < -0.3 is 15.6 Å². The number of aromatic nitrogens is 1. The molecule has 0 bridgehead atoms. The molecule has 2 rings (SSSR count). The minimum absolute atomic E-state index is 0.0987. The van der Waals surface area contributed by atoms with Crippen molar-refractivity contribution < 1.29 is 23.0 Å². The number of rotatable bonds is 4. The average molecular weight is 298 g/mol. The predicted octanol–water partition coefficient (Wildman–Crippen LogP) is 3.01. The lowest BCUT2D eigenvalue weighted by Gasteiger charge is -2.12. The molecule has 0 spiro atoms. The molecule has 0 saturated carbocycles. The Morgan fingerprint density at radius 2 is 1.90 bits per heavy atom. The number of aliphatic hydroxyl groups is 1. The van der Waals surface area contributed by atoms with Crippen LogP contribution in [0.25, 0.3) is 0 Å². The van der Waals surface area contributed by atoms with Crippen LogP contribution >= 0.6 is 0 Å². The summed E-state index contributed by atoms with van der Waals surface area (Å²) in [7, 11) is 0. The van der Waals surface area contributed by atoms with Crippen LogP contribution in [0.2, 0.25) is 0 Å². The fourth-order valence-electron chi connectivity index (χ4n) is 1.78. The second kappa shape index (κ2) is 6.01. The van der Waals surface area contributed by atoms with E-state index in [2.05, 4.69) is 4.98 Å². The number of hydrogen-bond donors (Lipinski definition) is 2. The third-order valence-corrected chi connectivity index (χ3v) is 2.72. The molecule has 3 N–H and O–H groups in total. The Morgan fingerprint density at radius 1 is 1.19 bits per heavy atom. The van der Waals surface area contributed by atoms with Gasteiger partial charge in [0.1, 0.15) is 11.6 Å². The van der Waals surface area contributed by atoms with Gasteiger partial charge in [-0.3, -0.25) is 0 Å². The summed E-state index contributed by atoms with van der Waals surface area (Å²) in [5, 5.41) is 8.97. The monoisotopic (exact) mass is 298 g/mol. The van der Waals surface area contributed by atoms with Crippen LogP contribution in [-0.4, -0.2) is 16.7 Å². The molecule has 112 valence electrons. The summed E-state index contributed by atoms with van der Waals surface area (Å²) in [6.07, 6.45) is -4.20. The van der Waals surface area contributed by atoms with Crippen molar-refractivity contribution in [2.45, 2.75) is 12.6 Å². The summed E-state index contributed by atoms with van der Waals surface area (Å²) in [6.45, 7) is -0.0987. The normalized spacial score (nSPS) is 11.4. The Labute approximate surface area is 119 Å². The highest BCUT2D eigenvalue weighted by Crippen LogP contribution is 2.33. The summed E-state index contributed by atoms with van der Waals surface area (Å²) in [4.78, 5) is 3.74. The van der Waals surface area contributed by atoms with Crippen molar-refractivity contribution in [2.24, 2.45) is 0 Å². The standard InChI is InChI=1S/C14H13F3N2O2/c15-14(16,17)10-7-12(18)19-13(8-10)21-11-4-2-1-3-9(11)5-6-20/h1-4,7-8,20H,5-6H2,(H2,18,19). The van der Waals surface area contributed by atoms with Crippen LogP contribution in [0.1, 0.15) is 11.1 Å². The molecule has 0 atom stereocenters. The zero-order valence-corrected chi connectivity index (χ0v) is 10.9. The van der Waals surface area contributed by atoms with Crippen LogP contribution in [0.15, 0.2) is 36.4 Å². The number of anilines is 1. The van der Waals surface area contributed by atoms with Crippen molar-refractivity contribution in [3.63, 3.8) is 0 Å². The highest BCUT2D eigenvalue weighted by atomic mass is 19.4. The van der Waals surface area contributed by atoms with Gasteiger partial charge in [-0.15, -0.1) is 0 Å². The Balaban J connectivity index is 2.34. The van der Waals surface area contributed by atoms with E-state index in [9.17, 15) is 13.2 Å². The van der Waals surface area contributed by atoms with E-state index in [4.69, 9.17) is 15.6 Å². The number of hydrogen-bond acceptors (Lipinski definition) is 4. The van der Waals surface area contributed by atoms with E-state index in [1.807, 2.05) is 0 Å². The molecule has 0 saturated heterocycles. The van der Waals surface area contributed by atoms with E-state index < -0.39 is 11.7 Å². The molecule has 0 aliphatic heterocycles. The fourth-order valence-corrected chi connectivity index (χ4v) is 1.78. The van der Waals surface area contributed by atoms with Gasteiger partial charge in [0.25, 0.3) is 0 Å². The molecule has 21 heavy (non-hydrogen) atoms. The zero-order chi connectivity index (χ0) is 15.5. The zero-order valence-electron chi connectivity index (χ0n) is 10.9. The third-order valence-electron chi connectivity index (χ3n) is 2.72. The van der Waals surface area contributed by atoms with Crippen molar-refractivity contribution in [1.29, 1.82) is 0 Å². The number of nitrogens with zero attached hydrogens (tertiary/aromatic N) is 1. The van der Waals surface area contributed by atoms with Crippen molar-refractivity contribution in [3.8, 4) is 11.6 Å². The Bertz CT molecular complexity index is 630. The number of ether oxygens (including phenoxy) is 1. The van der Waals surface area contributed by atoms with E-state index in [0.29, 0.717) is 17.7 Å². The smallest absolute Gasteiger partial charge is 0.416 e. The van der Waals surface area contributed by atoms with Gasteiger partial charge in [-0.2, -0.15) is 18.2 Å². The van der Waals surface area contributed by atoms with Gasteiger partial charge >= 0.3 is 6.18 Å². The number of halogens is 3. The van der Waals surface area contributed by atoms with E-state index in [1.165, 1.54) is 0 Å². The maximum Gasteiger partial charge on any atom is 0.416 e.